The quantitative estimate of drug-likeness (QED) is 0.774. The molecule has 0 aliphatic rings. The minimum Gasteiger partial charge on any atom is -0.483 e. The van der Waals surface area contributed by atoms with E-state index in [0.29, 0.717) is 5.76 Å². The van der Waals surface area contributed by atoms with E-state index in [2.05, 4.69) is 10.1 Å². The third-order valence-corrected chi connectivity index (χ3v) is 2.78. The summed E-state index contributed by atoms with van der Waals surface area (Å²) in [4.78, 5) is 15.3. The van der Waals surface area contributed by atoms with Gasteiger partial charge in [0.2, 0.25) is 5.82 Å². The fourth-order valence-corrected chi connectivity index (χ4v) is 1.82. The number of primary amides is 1. The Morgan fingerprint density at radius 2 is 2.18 bits per heavy atom. The summed E-state index contributed by atoms with van der Waals surface area (Å²) in [6, 6.07) is 7.31. The maximum Gasteiger partial charge on any atom is 0.264 e. The Balaban J connectivity index is 1.76. The predicted molar refractivity (Wildman–Crippen MR) is 71.2 cm³/mol. The molecule has 3 aromatic rings. The van der Waals surface area contributed by atoms with Crippen LogP contribution in [-0.2, 0) is 6.61 Å². The third-order valence-electron chi connectivity index (χ3n) is 2.78. The molecule has 1 aromatic carbocycles. The topological polar surface area (TPSA) is 104 Å². The molecule has 8 heteroatoms. The smallest absolute Gasteiger partial charge is 0.264 e. The zero-order valence-corrected chi connectivity index (χ0v) is 11.2. The van der Waals surface area contributed by atoms with E-state index < -0.39 is 11.7 Å². The SMILES string of the molecule is NC(=O)c1c(F)cccc1OCc1nc(-c2ccco2)no1. The number of halogens is 1. The number of furan rings is 1. The van der Waals surface area contributed by atoms with Gasteiger partial charge in [0.1, 0.15) is 17.1 Å². The first-order chi connectivity index (χ1) is 10.6. The van der Waals surface area contributed by atoms with Crippen molar-refractivity contribution in [3.8, 4) is 17.3 Å². The van der Waals surface area contributed by atoms with Crippen molar-refractivity contribution in [3.05, 3.63) is 53.9 Å². The molecule has 0 fully saturated rings. The Hall–Kier alpha value is -3.16. The molecule has 2 heterocycles. The summed E-state index contributed by atoms with van der Waals surface area (Å²) in [5, 5.41) is 3.72. The lowest BCUT2D eigenvalue weighted by atomic mass is 10.2. The first kappa shape index (κ1) is 13.8. The molecule has 0 atom stereocenters. The van der Waals surface area contributed by atoms with Crippen molar-refractivity contribution in [3.63, 3.8) is 0 Å². The number of nitrogens with zero attached hydrogens (tertiary/aromatic N) is 2. The first-order valence-corrected chi connectivity index (χ1v) is 6.22. The number of nitrogens with two attached hydrogens (primary N) is 1. The molecule has 0 aliphatic heterocycles. The summed E-state index contributed by atoms with van der Waals surface area (Å²) in [7, 11) is 0. The maximum atomic E-state index is 13.6. The average Bonchev–Trinajstić information content (AvgIpc) is 3.15. The summed E-state index contributed by atoms with van der Waals surface area (Å²) < 4.78 is 29.0. The summed E-state index contributed by atoms with van der Waals surface area (Å²) in [6.07, 6.45) is 1.48. The highest BCUT2D eigenvalue weighted by molar-refractivity contribution is 5.95. The van der Waals surface area contributed by atoms with Gasteiger partial charge in [-0.1, -0.05) is 11.2 Å². The molecule has 0 bridgehead atoms. The molecule has 7 nitrogen and oxygen atoms in total. The Morgan fingerprint density at radius 3 is 2.91 bits per heavy atom. The predicted octanol–water partition coefficient (Wildman–Crippen LogP) is 2.15. The molecule has 2 N–H and O–H groups in total. The first-order valence-electron chi connectivity index (χ1n) is 6.22. The number of hydrogen-bond acceptors (Lipinski definition) is 6. The van der Waals surface area contributed by atoms with E-state index in [1.165, 1.54) is 18.4 Å². The summed E-state index contributed by atoms with van der Waals surface area (Å²) in [5.41, 5.74) is 4.80. The van der Waals surface area contributed by atoms with Gasteiger partial charge < -0.3 is 19.4 Å². The van der Waals surface area contributed by atoms with Crippen LogP contribution in [0.5, 0.6) is 5.75 Å². The zero-order chi connectivity index (χ0) is 15.5. The molecule has 0 radical (unpaired) electrons. The van der Waals surface area contributed by atoms with Crippen LogP contribution in [0.1, 0.15) is 16.2 Å². The zero-order valence-electron chi connectivity index (χ0n) is 11.2. The van der Waals surface area contributed by atoms with E-state index in [9.17, 15) is 9.18 Å². The number of carbonyl (C=O) groups excluding carboxylic acids is 1. The summed E-state index contributed by atoms with van der Waals surface area (Å²) in [5.74, 6) is -0.824. The normalized spacial score (nSPS) is 10.6. The van der Waals surface area contributed by atoms with E-state index in [1.54, 1.807) is 12.1 Å². The summed E-state index contributed by atoms with van der Waals surface area (Å²) in [6.45, 7) is -0.141. The van der Waals surface area contributed by atoms with Gasteiger partial charge in [0.15, 0.2) is 12.4 Å². The molecule has 0 unspecified atom stereocenters. The van der Waals surface area contributed by atoms with E-state index >= 15 is 0 Å². The number of aromatic nitrogens is 2. The maximum absolute atomic E-state index is 13.6. The lowest BCUT2D eigenvalue weighted by Gasteiger charge is -2.07. The number of hydrogen-bond donors (Lipinski definition) is 1. The number of amides is 1. The van der Waals surface area contributed by atoms with Gasteiger partial charge >= 0.3 is 0 Å². The Kier molecular flexibility index (Phi) is 3.57. The monoisotopic (exact) mass is 303 g/mol. The highest BCUT2D eigenvalue weighted by Gasteiger charge is 2.17. The number of ether oxygens (including phenoxy) is 1. The molecule has 2 aromatic heterocycles. The van der Waals surface area contributed by atoms with Crippen molar-refractivity contribution < 1.29 is 22.9 Å². The second kappa shape index (κ2) is 5.68. The molecule has 0 saturated heterocycles. The minimum absolute atomic E-state index is 0.00486. The Morgan fingerprint density at radius 1 is 1.32 bits per heavy atom. The van der Waals surface area contributed by atoms with Gasteiger partial charge in [0.25, 0.3) is 11.8 Å². The van der Waals surface area contributed by atoms with Gasteiger partial charge in [-0.3, -0.25) is 4.79 Å². The molecular weight excluding hydrogens is 293 g/mol. The Bertz CT molecular complexity index is 798. The van der Waals surface area contributed by atoms with Crippen molar-refractivity contribution in [2.45, 2.75) is 6.61 Å². The van der Waals surface area contributed by atoms with Crippen LogP contribution in [0.3, 0.4) is 0 Å². The van der Waals surface area contributed by atoms with Crippen LogP contribution >= 0.6 is 0 Å². The van der Waals surface area contributed by atoms with E-state index in [1.807, 2.05) is 0 Å². The molecule has 1 amide bonds. The van der Waals surface area contributed by atoms with Crippen LogP contribution in [0.2, 0.25) is 0 Å². The van der Waals surface area contributed by atoms with E-state index in [-0.39, 0.29) is 29.6 Å². The second-order valence-electron chi connectivity index (χ2n) is 4.25. The van der Waals surface area contributed by atoms with Crippen molar-refractivity contribution >= 4 is 5.91 Å². The van der Waals surface area contributed by atoms with E-state index in [0.717, 1.165) is 6.07 Å². The molecule has 0 spiro atoms. The fourth-order valence-electron chi connectivity index (χ4n) is 1.82. The molecule has 0 aliphatic carbocycles. The standard InChI is InChI=1S/C14H10FN3O4/c15-8-3-1-4-9(12(8)13(16)19)21-7-11-17-14(18-22-11)10-5-2-6-20-10/h1-6H,7H2,(H2,16,19). The second-order valence-corrected chi connectivity index (χ2v) is 4.25. The van der Waals surface area contributed by atoms with Crippen LogP contribution in [0, 0.1) is 5.82 Å². The van der Waals surface area contributed by atoms with Gasteiger partial charge in [0, 0.05) is 0 Å². The van der Waals surface area contributed by atoms with Gasteiger partial charge in [0.05, 0.1) is 6.26 Å². The lowest BCUT2D eigenvalue weighted by molar-refractivity contribution is 0.0990. The Labute approximate surface area is 123 Å². The lowest BCUT2D eigenvalue weighted by Crippen LogP contribution is -2.15. The van der Waals surface area contributed by atoms with Gasteiger partial charge in [-0.15, -0.1) is 0 Å². The number of carbonyl (C=O) groups is 1. The highest BCUT2D eigenvalue weighted by atomic mass is 19.1. The number of benzene rings is 1. The average molecular weight is 303 g/mol. The molecule has 22 heavy (non-hydrogen) atoms. The molecule has 112 valence electrons. The van der Waals surface area contributed by atoms with Crippen molar-refractivity contribution in [2.75, 3.05) is 0 Å². The largest absolute Gasteiger partial charge is 0.483 e. The van der Waals surface area contributed by atoms with Crippen molar-refractivity contribution in [2.24, 2.45) is 5.73 Å². The van der Waals surface area contributed by atoms with Crippen LogP contribution in [0.4, 0.5) is 4.39 Å². The third kappa shape index (κ3) is 2.66. The van der Waals surface area contributed by atoms with Gasteiger partial charge in [-0.05, 0) is 24.3 Å². The van der Waals surface area contributed by atoms with Crippen LogP contribution in [-0.4, -0.2) is 16.0 Å². The van der Waals surface area contributed by atoms with Gasteiger partial charge in [-0.2, -0.15) is 4.98 Å². The molecule has 0 saturated carbocycles. The van der Waals surface area contributed by atoms with Crippen LogP contribution in [0.25, 0.3) is 11.6 Å². The molecule has 3 rings (SSSR count). The number of rotatable bonds is 5. The van der Waals surface area contributed by atoms with Crippen molar-refractivity contribution in [1.29, 1.82) is 0 Å². The van der Waals surface area contributed by atoms with Crippen molar-refractivity contribution in [1.82, 2.24) is 10.1 Å². The highest BCUT2D eigenvalue weighted by Crippen LogP contribution is 2.22. The molecular formula is C14H10FN3O4. The van der Waals surface area contributed by atoms with Gasteiger partial charge in [-0.25, -0.2) is 4.39 Å². The summed E-state index contributed by atoms with van der Waals surface area (Å²) >= 11 is 0. The van der Waals surface area contributed by atoms with Crippen LogP contribution < -0.4 is 10.5 Å². The van der Waals surface area contributed by atoms with Crippen LogP contribution in [0.15, 0.2) is 45.5 Å². The van der Waals surface area contributed by atoms with E-state index in [4.69, 9.17) is 19.4 Å². The minimum atomic E-state index is -0.921. The fraction of sp³-hybridized carbons (Fsp3) is 0.0714.